The first-order chi connectivity index (χ1) is 8.29. The van der Waals surface area contributed by atoms with Crippen molar-refractivity contribution in [2.75, 3.05) is 6.54 Å². The first-order valence-electron chi connectivity index (χ1n) is 6.73. The van der Waals surface area contributed by atoms with Gasteiger partial charge in [-0.1, -0.05) is 37.0 Å². The van der Waals surface area contributed by atoms with Gasteiger partial charge in [0.1, 0.15) is 0 Å². The summed E-state index contributed by atoms with van der Waals surface area (Å²) in [7, 11) is 0. The van der Waals surface area contributed by atoms with Crippen molar-refractivity contribution in [2.45, 2.75) is 49.2 Å². The Morgan fingerprint density at radius 2 is 2.06 bits per heavy atom. The molecule has 0 radical (unpaired) electrons. The molecule has 1 atom stereocenters. The molecule has 0 heterocycles. The number of aryl methyl sites for hydroxylation is 1. The zero-order valence-corrected chi connectivity index (χ0v) is 11.5. The van der Waals surface area contributed by atoms with E-state index >= 15 is 0 Å². The zero-order chi connectivity index (χ0) is 12.1. The molecule has 0 spiro atoms. The highest BCUT2D eigenvalue weighted by Gasteiger charge is 2.23. The van der Waals surface area contributed by atoms with E-state index < -0.39 is 0 Å². The van der Waals surface area contributed by atoms with Gasteiger partial charge in [-0.05, 0) is 37.8 Å². The molecule has 1 nitrogen and oxygen atoms in total. The van der Waals surface area contributed by atoms with Crippen LogP contribution in [0.3, 0.4) is 0 Å². The SMILES string of the molecule is Cc1cccc(SC(CN)C2CCCCC2)c1. The number of hydrogen-bond donors (Lipinski definition) is 1. The van der Waals surface area contributed by atoms with E-state index in [1.165, 1.54) is 42.6 Å². The van der Waals surface area contributed by atoms with E-state index in [-0.39, 0.29) is 0 Å². The van der Waals surface area contributed by atoms with Crippen molar-refractivity contribution in [2.24, 2.45) is 11.7 Å². The average Bonchev–Trinajstić information content (AvgIpc) is 2.37. The molecule has 2 N–H and O–H groups in total. The lowest BCUT2D eigenvalue weighted by Gasteiger charge is -2.29. The predicted octanol–water partition coefficient (Wildman–Crippen LogP) is 3.99. The van der Waals surface area contributed by atoms with E-state index in [1.54, 1.807) is 0 Å². The minimum atomic E-state index is 0.608. The first-order valence-corrected chi connectivity index (χ1v) is 7.61. The lowest BCUT2D eigenvalue weighted by Crippen LogP contribution is -2.27. The minimum Gasteiger partial charge on any atom is -0.329 e. The van der Waals surface area contributed by atoms with Crippen molar-refractivity contribution < 1.29 is 0 Å². The fourth-order valence-electron chi connectivity index (χ4n) is 2.71. The molecular weight excluding hydrogens is 226 g/mol. The Bertz CT molecular complexity index is 345. The molecule has 0 amide bonds. The van der Waals surface area contributed by atoms with Crippen LogP contribution in [0.1, 0.15) is 37.7 Å². The topological polar surface area (TPSA) is 26.0 Å². The van der Waals surface area contributed by atoms with Gasteiger partial charge < -0.3 is 5.73 Å². The fraction of sp³-hybridized carbons (Fsp3) is 0.600. The van der Waals surface area contributed by atoms with Gasteiger partial charge in [0.05, 0.1) is 0 Å². The van der Waals surface area contributed by atoms with Gasteiger partial charge in [0.15, 0.2) is 0 Å². The maximum atomic E-state index is 5.97. The largest absolute Gasteiger partial charge is 0.329 e. The van der Waals surface area contributed by atoms with Crippen LogP contribution in [0.4, 0.5) is 0 Å². The van der Waals surface area contributed by atoms with Crippen LogP contribution in [0, 0.1) is 12.8 Å². The summed E-state index contributed by atoms with van der Waals surface area (Å²) in [5.74, 6) is 0.833. The maximum Gasteiger partial charge on any atom is 0.0245 e. The van der Waals surface area contributed by atoms with Crippen molar-refractivity contribution in [1.82, 2.24) is 0 Å². The van der Waals surface area contributed by atoms with Crippen LogP contribution in [0.5, 0.6) is 0 Å². The third-order valence-corrected chi connectivity index (χ3v) is 5.09. The van der Waals surface area contributed by atoms with Gasteiger partial charge in [0.25, 0.3) is 0 Å². The molecule has 1 aliphatic carbocycles. The second-order valence-corrected chi connectivity index (χ2v) is 6.42. The Labute approximate surface area is 109 Å². The lowest BCUT2D eigenvalue weighted by atomic mass is 9.87. The highest BCUT2D eigenvalue weighted by Crippen LogP contribution is 2.35. The molecule has 0 aliphatic heterocycles. The van der Waals surface area contributed by atoms with E-state index in [4.69, 9.17) is 5.73 Å². The number of hydrogen-bond acceptors (Lipinski definition) is 2. The van der Waals surface area contributed by atoms with Gasteiger partial charge in [-0.15, -0.1) is 11.8 Å². The first kappa shape index (κ1) is 13.0. The van der Waals surface area contributed by atoms with Crippen LogP contribution >= 0.6 is 11.8 Å². The van der Waals surface area contributed by atoms with Crippen LogP contribution in [-0.4, -0.2) is 11.8 Å². The molecule has 1 aromatic rings. The number of benzene rings is 1. The number of thioether (sulfide) groups is 1. The van der Waals surface area contributed by atoms with Gasteiger partial charge in [-0.25, -0.2) is 0 Å². The highest BCUT2D eigenvalue weighted by atomic mass is 32.2. The molecule has 94 valence electrons. The van der Waals surface area contributed by atoms with E-state index in [1.807, 2.05) is 11.8 Å². The van der Waals surface area contributed by atoms with Crippen molar-refractivity contribution in [3.05, 3.63) is 29.8 Å². The third kappa shape index (κ3) is 3.75. The molecule has 1 saturated carbocycles. The molecule has 0 aromatic heterocycles. The summed E-state index contributed by atoms with van der Waals surface area (Å²) in [5.41, 5.74) is 7.31. The summed E-state index contributed by atoms with van der Waals surface area (Å²) in [6.07, 6.45) is 6.97. The smallest absolute Gasteiger partial charge is 0.0245 e. The number of rotatable bonds is 4. The van der Waals surface area contributed by atoms with E-state index in [0.29, 0.717) is 5.25 Å². The molecule has 17 heavy (non-hydrogen) atoms. The normalized spacial score (nSPS) is 19.2. The van der Waals surface area contributed by atoms with Crippen molar-refractivity contribution in [3.63, 3.8) is 0 Å². The van der Waals surface area contributed by atoms with Gasteiger partial charge in [0, 0.05) is 16.7 Å². The van der Waals surface area contributed by atoms with Gasteiger partial charge >= 0.3 is 0 Å². The molecule has 2 heteroatoms. The Morgan fingerprint density at radius 1 is 1.29 bits per heavy atom. The molecule has 0 bridgehead atoms. The minimum absolute atomic E-state index is 0.608. The second-order valence-electron chi connectivity index (χ2n) is 5.11. The molecule has 2 rings (SSSR count). The summed E-state index contributed by atoms with van der Waals surface area (Å²) < 4.78 is 0. The van der Waals surface area contributed by atoms with Crippen LogP contribution in [-0.2, 0) is 0 Å². The van der Waals surface area contributed by atoms with E-state index in [9.17, 15) is 0 Å². The monoisotopic (exact) mass is 249 g/mol. The third-order valence-electron chi connectivity index (χ3n) is 3.68. The summed E-state index contributed by atoms with van der Waals surface area (Å²) in [6, 6.07) is 8.79. The quantitative estimate of drug-likeness (QED) is 0.816. The molecule has 0 saturated heterocycles. The zero-order valence-electron chi connectivity index (χ0n) is 10.7. The Hall–Kier alpha value is -0.470. The van der Waals surface area contributed by atoms with Crippen LogP contribution in [0.2, 0.25) is 0 Å². The summed E-state index contributed by atoms with van der Waals surface area (Å²) in [5, 5.41) is 0.608. The number of nitrogens with two attached hydrogens (primary N) is 1. The van der Waals surface area contributed by atoms with Crippen molar-refractivity contribution in [3.8, 4) is 0 Å². The van der Waals surface area contributed by atoms with Gasteiger partial charge in [0.2, 0.25) is 0 Å². The standard InChI is InChI=1S/C15H23NS/c1-12-6-5-9-14(10-12)17-15(11-16)13-7-3-2-4-8-13/h5-6,9-10,13,15H,2-4,7-8,11,16H2,1H3. The van der Waals surface area contributed by atoms with Crippen molar-refractivity contribution >= 4 is 11.8 Å². The van der Waals surface area contributed by atoms with Gasteiger partial charge in [-0.2, -0.15) is 0 Å². The Balaban J connectivity index is 1.98. The molecule has 1 fully saturated rings. The summed E-state index contributed by atoms with van der Waals surface area (Å²) in [6.45, 7) is 2.96. The molecule has 1 aliphatic rings. The molecular formula is C15H23NS. The van der Waals surface area contributed by atoms with Gasteiger partial charge in [-0.3, -0.25) is 0 Å². The molecule has 1 aromatic carbocycles. The average molecular weight is 249 g/mol. The van der Waals surface area contributed by atoms with Crippen LogP contribution in [0.25, 0.3) is 0 Å². The Morgan fingerprint density at radius 3 is 2.71 bits per heavy atom. The van der Waals surface area contributed by atoms with Crippen molar-refractivity contribution in [1.29, 1.82) is 0 Å². The van der Waals surface area contributed by atoms with Crippen LogP contribution < -0.4 is 5.73 Å². The highest BCUT2D eigenvalue weighted by molar-refractivity contribution is 8.00. The Kier molecular flexibility index (Phi) is 4.93. The second kappa shape index (κ2) is 6.46. The van der Waals surface area contributed by atoms with E-state index in [0.717, 1.165) is 12.5 Å². The fourth-order valence-corrected chi connectivity index (χ4v) is 4.03. The van der Waals surface area contributed by atoms with E-state index in [2.05, 4.69) is 31.2 Å². The molecule has 1 unspecified atom stereocenters. The summed E-state index contributed by atoms with van der Waals surface area (Å²) in [4.78, 5) is 1.38. The maximum absolute atomic E-state index is 5.97. The van der Waals surface area contributed by atoms with Crippen LogP contribution in [0.15, 0.2) is 29.2 Å². The predicted molar refractivity (Wildman–Crippen MR) is 76.5 cm³/mol. The summed E-state index contributed by atoms with van der Waals surface area (Å²) >= 11 is 1.98. The lowest BCUT2D eigenvalue weighted by molar-refractivity contribution is 0.351.